The Labute approximate surface area is 142 Å². The third-order valence-corrected chi connectivity index (χ3v) is 4.37. The van der Waals surface area contributed by atoms with Crippen LogP contribution in [0.5, 0.6) is 0 Å². The summed E-state index contributed by atoms with van der Waals surface area (Å²) in [6.07, 6.45) is 0. The second-order valence-electron chi connectivity index (χ2n) is 6.22. The van der Waals surface area contributed by atoms with Gasteiger partial charge in [-0.3, -0.25) is 4.79 Å². The van der Waals surface area contributed by atoms with Crippen LogP contribution in [0, 0.1) is 0 Å². The number of carbonyl (C=O) groups is 1. The molecular formula is C20H22N2O2. The molecule has 1 amide bonds. The number of hydrogen-bond donors (Lipinski definition) is 0. The Kier molecular flexibility index (Phi) is 4.30. The van der Waals surface area contributed by atoms with E-state index < -0.39 is 0 Å². The lowest BCUT2D eigenvalue weighted by molar-refractivity contribution is 0.0727. The maximum Gasteiger partial charge on any atom is 0.254 e. The van der Waals surface area contributed by atoms with Gasteiger partial charge in [-0.1, -0.05) is 24.3 Å². The molecule has 3 rings (SSSR count). The average Bonchev–Trinajstić information content (AvgIpc) is 3.04. The van der Waals surface area contributed by atoms with E-state index in [0.29, 0.717) is 5.56 Å². The zero-order chi connectivity index (χ0) is 17.3. The van der Waals surface area contributed by atoms with Gasteiger partial charge in [-0.15, -0.1) is 0 Å². The molecule has 0 saturated carbocycles. The van der Waals surface area contributed by atoms with Gasteiger partial charge < -0.3 is 14.2 Å². The number of fused-ring (bicyclic) bond motifs is 1. The molecule has 1 atom stereocenters. The molecule has 2 aromatic carbocycles. The summed E-state index contributed by atoms with van der Waals surface area (Å²) >= 11 is 0. The standard InChI is InChI=1S/C20H22N2O2/c1-14(19-13-15-8-5-6-11-18(15)24-19)22(4)20(23)16-9-7-10-17(12-16)21(2)3/h5-14H,1-4H3. The van der Waals surface area contributed by atoms with Crippen molar-refractivity contribution in [1.82, 2.24) is 4.90 Å². The monoisotopic (exact) mass is 322 g/mol. The van der Waals surface area contributed by atoms with Gasteiger partial charge in [0.25, 0.3) is 5.91 Å². The number of benzene rings is 2. The van der Waals surface area contributed by atoms with E-state index in [0.717, 1.165) is 22.4 Å². The number of nitrogens with zero attached hydrogens (tertiary/aromatic N) is 2. The van der Waals surface area contributed by atoms with Gasteiger partial charge in [-0.2, -0.15) is 0 Å². The van der Waals surface area contributed by atoms with Crippen molar-refractivity contribution in [2.75, 3.05) is 26.0 Å². The van der Waals surface area contributed by atoms with Gasteiger partial charge in [0.05, 0.1) is 6.04 Å². The number of rotatable bonds is 4. The van der Waals surface area contributed by atoms with Crippen LogP contribution in [0.15, 0.2) is 59.0 Å². The molecule has 1 heterocycles. The highest BCUT2D eigenvalue weighted by molar-refractivity contribution is 5.95. The highest BCUT2D eigenvalue weighted by atomic mass is 16.3. The number of anilines is 1. The molecule has 0 saturated heterocycles. The molecule has 4 heteroatoms. The SMILES string of the molecule is CC(c1cc2ccccc2o1)N(C)C(=O)c1cccc(N(C)C)c1. The van der Waals surface area contributed by atoms with E-state index in [2.05, 4.69) is 0 Å². The quantitative estimate of drug-likeness (QED) is 0.717. The molecule has 3 aromatic rings. The van der Waals surface area contributed by atoms with Crippen LogP contribution in [0.3, 0.4) is 0 Å². The molecule has 124 valence electrons. The van der Waals surface area contributed by atoms with Crippen LogP contribution in [0.4, 0.5) is 5.69 Å². The van der Waals surface area contributed by atoms with E-state index in [4.69, 9.17) is 4.42 Å². The number of furan rings is 1. The highest BCUT2D eigenvalue weighted by Crippen LogP contribution is 2.27. The van der Waals surface area contributed by atoms with E-state index in [9.17, 15) is 4.79 Å². The second-order valence-corrected chi connectivity index (χ2v) is 6.22. The number of carbonyl (C=O) groups excluding carboxylic acids is 1. The molecule has 0 spiro atoms. The summed E-state index contributed by atoms with van der Waals surface area (Å²) in [5.74, 6) is 0.766. The Morgan fingerprint density at radius 3 is 2.46 bits per heavy atom. The summed E-state index contributed by atoms with van der Waals surface area (Å²) in [7, 11) is 5.73. The van der Waals surface area contributed by atoms with Crippen molar-refractivity contribution in [3.8, 4) is 0 Å². The van der Waals surface area contributed by atoms with Crippen LogP contribution < -0.4 is 4.90 Å². The Hall–Kier alpha value is -2.75. The highest BCUT2D eigenvalue weighted by Gasteiger charge is 2.22. The summed E-state index contributed by atoms with van der Waals surface area (Å²) in [6, 6.07) is 17.4. The maximum atomic E-state index is 12.8. The normalized spacial score (nSPS) is 12.2. The van der Waals surface area contributed by atoms with E-state index in [1.807, 2.05) is 87.6 Å². The first-order valence-electron chi connectivity index (χ1n) is 8.00. The van der Waals surface area contributed by atoms with Crippen LogP contribution in [0.1, 0.15) is 29.1 Å². The number of hydrogen-bond acceptors (Lipinski definition) is 3. The maximum absolute atomic E-state index is 12.8. The van der Waals surface area contributed by atoms with Crippen molar-refractivity contribution in [2.24, 2.45) is 0 Å². The topological polar surface area (TPSA) is 36.7 Å². The first-order valence-corrected chi connectivity index (χ1v) is 8.00. The van der Waals surface area contributed by atoms with Crippen LogP contribution >= 0.6 is 0 Å². The first-order chi connectivity index (χ1) is 11.5. The molecule has 0 N–H and O–H groups in total. The van der Waals surface area contributed by atoms with Crippen LogP contribution in [-0.2, 0) is 0 Å². The molecule has 0 aliphatic carbocycles. The second kappa shape index (κ2) is 6.40. The molecule has 0 bridgehead atoms. The van der Waals surface area contributed by atoms with Crippen molar-refractivity contribution in [3.63, 3.8) is 0 Å². The predicted molar refractivity (Wildman–Crippen MR) is 97.5 cm³/mol. The minimum atomic E-state index is -0.145. The van der Waals surface area contributed by atoms with Crippen molar-refractivity contribution in [2.45, 2.75) is 13.0 Å². The Morgan fingerprint density at radius 2 is 1.75 bits per heavy atom. The van der Waals surface area contributed by atoms with E-state index in [-0.39, 0.29) is 11.9 Å². The Balaban J connectivity index is 1.85. The van der Waals surface area contributed by atoms with Gasteiger partial charge in [0.1, 0.15) is 11.3 Å². The molecule has 0 radical (unpaired) electrons. The largest absolute Gasteiger partial charge is 0.459 e. The fourth-order valence-corrected chi connectivity index (χ4v) is 2.70. The van der Waals surface area contributed by atoms with Gasteiger partial charge in [0.15, 0.2) is 0 Å². The minimum absolute atomic E-state index is 0.0216. The summed E-state index contributed by atoms with van der Waals surface area (Å²) in [6.45, 7) is 1.98. The van der Waals surface area contributed by atoms with Crippen molar-refractivity contribution < 1.29 is 9.21 Å². The molecule has 0 aliphatic rings. The zero-order valence-corrected chi connectivity index (χ0v) is 14.5. The third-order valence-electron chi connectivity index (χ3n) is 4.37. The molecule has 0 fully saturated rings. The average molecular weight is 322 g/mol. The summed E-state index contributed by atoms with van der Waals surface area (Å²) < 4.78 is 5.90. The Bertz CT molecular complexity index is 834. The van der Waals surface area contributed by atoms with Gasteiger partial charge in [0, 0.05) is 37.8 Å². The Morgan fingerprint density at radius 1 is 1.00 bits per heavy atom. The smallest absolute Gasteiger partial charge is 0.254 e. The lowest BCUT2D eigenvalue weighted by Crippen LogP contribution is -2.29. The minimum Gasteiger partial charge on any atom is -0.459 e. The molecular weight excluding hydrogens is 300 g/mol. The van der Waals surface area contributed by atoms with Crippen molar-refractivity contribution in [1.29, 1.82) is 0 Å². The number of amides is 1. The van der Waals surface area contributed by atoms with Crippen molar-refractivity contribution >= 4 is 22.6 Å². The molecule has 24 heavy (non-hydrogen) atoms. The van der Waals surface area contributed by atoms with Crippen LogP contribution in [-0.4, -0.2) is 32.0 Å². The van der Waals surface area contributed by atoms with Gasteiger partial charge in [0.2, 0.25) is 0 Å². The van der Waals surface area contributed by atoms with Gasteiger partial charge >= 0.3 is 0 Å². The van der Waals surface area contributed by atoms with E-state index >= 15 is 0 Å². The molecule has 1 aromatic heterocycles. The third kappa shape index (κ3) is 3.00. The fraction of sp³-hybridized carbons (Fsp3) is 0.250. The predicted octanol–water partition coefficient (Wildman–Crippen LogP) is 4.33. The first kappa shape index (κ1) is 16.1. The lowest BCUT2D eigenvalue weighted by atomic mass is 10.1. The summed E-state index contributed by atoms with van der Waals surface area (Å²) in [4.78, 5) is 16.5. The lowest BCUT2D eigenvalue weighted by Gasteiger charge is -2.24. The fourth-order valence-electron chi connectivity index (χ4n) is 2.70. The van der Waals surface area contributed by atoms with Crippen LogP contribution in [0.2, 0.25) is 0 Å². The van der Waals surface area contributed by atoms with E-state index in [1.165, 1.54) is 0 Å². The molecule has 1 unspecified atom stereocenters. The van der Waals surface area contributed by atoms with Crippen LogP contribution in [0.25, 0.3) is 11.0 Å². The summed E-state index contributed by atoms with van der Waals surface area (Å²) in [5.41, 5.74) is 2.52. The van der Waals surface area contributed by atoms with Gasteiger partial charge in [-0.25, -0.2) is 0 Å². The van der Waals surface area contributed by atoms with Crippen molar-refractivity contribution in [3.05, 3.63) is 65.9 Å². The number of para-hydroxylation sites is 1. The zero-order valence-electron chi connectivity index (χ0n) is 14.5. The van der Waals surface area contributed by atoms with E-state index in [1.54, 1.807) is 4.90 Å². The molecule has 4 nitrogen and oxygen atoms in total. The van der Waals surface area contributed by atoms with Gasteiger partial charge in [-0.05, 0) is 37.3 Å². The molecule has 0 aliphatic heterocycles. The summed E-state index contributed by atoms with van der Waals surface area (Å²) in [5, 5.41) is 1.05.